The molecule has 2 amide bonds. The molecule has 0 spiro atoms. The van der Waals surface area contributed by atoms with Gasteiger partial charge >= 0.3 is 0 Å². The maximum Gasteiger partial charge on any atom is 0.244 e. The second-order valence-corrected chi connectivity index (χ2v) is 10.4. The Kier molecular flexibility index (Phi) is 10.0. The third kappa shape index (κ3) is 7.25. The van der Waals surface area contributed by atoms with Crippen molar-refractivity contribution in [2.75, 3.05) is 30.8 Å². The van der Waals surface area contributed by atoms with Crippen molar-refractivity contribution >= 4 is 50.7 Å². The molecule has 8 nitrogen and oxygen atoms in total. The number of para-hydroxylation sites is 2. The summed E-state index contributed by atoms with van der Waals surface area (Å²) in [4.78, 5) is 27.5. The van der Waals surface area contributed by atoms with Crippen LogP contribution in [0.1, 0.15) is 25.8 Å². The van der Waals surface area contributed by atoms with Crippen LogP contribution in [-0.4, -0.2) is 57.6 Å². The maximum atomic E-state index is 13.5. The summed E-state index contributed by atoms with van der Waals surface area (Å²) in [6.07, 6.45) is 1.73. The first-order chi connectivity index (χ1) is 16.0. The first kappa shape index (κ1) is 27.8. The number of amides is 2. The molecule has 0 saturated carbocycles. The minimum atomic E-state index is -3.86. The molecule has 0 aliphatic rings. The van der Waals surface area contributed by atoms with Crippen LogP contribution < -0.4 is 14.4 Å². The molecule has 0 aromatic heterocycles. The molecule has 0 bridgehead atoms. The quantitative estimate of drug-likeness (QED) is 0.478. The zero-order valence-electron chi connectivity index (χ0n) is 19.5. The molecule has 0 aliphatic carbocycles. The molecule has 0 heterocycles. The van der Waals surface area contributed by atoms with Crippen molar-refractivity contribution < 1.29 is 22.7 Å². The summed E-state index contributed by atoms with van der Waals surface area (Å²) < 4.78 is 31.5. The highest BCUT2D eigenvalue weighted by molar-refractivity contribution is 7.92. The molecule has 2 rings (SSSR count). The van der Waals surface area contributed by atoms with E-state index in [1.165, 1.54) is 12.0 Å². The Morgan fingerprint density at radius 3 is 2.41 bits per heavy atom. The number of halogens is 2. The number of rotatable bonds is 11. The lowest BCUT2D eigenvalue weighted by Crippen LogP contribution is -2.51. The van der Waals surface area contributed by atoms with Gasteiger partial charge in [-0.05, 0) is 43.2 Å². The fraction of sp³-hybridized carbons (Fsp3) is 0.391. The second-order valence-electron chi connectivity index (χ2n) is 7.67. The van der Waals surface area contributed by atoms with Crippen LogP contribution >= 0.6 is 23.2 Å². The van der Waals surface area contributed by atoms with E-state index in [1.807, 2.05) is 6.92 Å². The van der Waals surface area contributed by atoms with E-state index in [4.69, 9.17) is 27.9 Å². The van der Waals surface area contributed by atoms with Crippen LogP contribution in [0.2, 0.25) is 10.0 Å². The predicted molar refractivity (Wildman–Crippen MR) is 135 cm³/mol. The molecule has 0 fully saturated rings. The summed E-state index contributed by atoms with van der Waals surface area (Å²) in [5.74, 6) is -0.647. The lowest BCUT2D eigenvalue weighted by molar-refractivity contribution is -0.139. The molecule has 2 aromatic carbocycles. The Morgan fingerprint density at radius 2 is 1.82 bits per heavy atom. The monoisotopic (exact) mass is 529 g/mol. The van der Waals surface area contributed by atoms with E-state index in [0.29, 0.717) is 27.9 Å². The summed E-state index contributed by atoms with van der Waals surface area (Å²) in [6, 6.07) is 10.4. The van der Waals surface area contributed by atoms with E-state index >= 15 is 0 Å². The van der Waals surface area contributed by atoms with Crippen molar-refractivity contribution in [1.29, 1.82) is 0 Å². The van der Waals surface area contributed by atoms with Crippen molar-refractivity contribution in [2.24, 2.45) is 0 Å². The van der Waals surface area contributed by atoms with Gasteiger partial charge in [0.15, 0.2) is 0 Å². The van der Waals surface area contributed by atoms with Gasteiger partial charge in [-0.1, -0.05) is 48.3 Å². The first-order valence-electron chi connectivity index (χ1n) is 10.6. The van der Waals surface area contributed by atoms with Crippen LogP contribution in [0, 0.1) is 0 Å². The van der Waals surface area contributed by atoms with Gasteiger partial charge in [-0.3, -0.25) is 13.9 Å². The summed E-state index contributed by atoms with van der Waals surface area (Å²) >= 11 is 12.3. The SMILES string of the molecule is CCCNC(=O)[C@@H](C)N(Cc1ccc(Cl)cc1Cl)C(=O)CN(c1ccccc1OC)S(C)(=O)=O. The Balaban J connectivity index is 2.44. The highest BCUT2D eigenvalue weighted by atomic mass is 35.5. The fourth-order valence-corrected chi connectivity index (χ4v) is 4.56. The van der Waals surface area contributed by atoms with Gasteiger partial charge in [-0.15, -0.1) is 0 Å². The van der Waals surface area contributed by atoms with Crippen LogP contribution in [0.3, 0.4) is 0 Å². The molecule has 11 heteroatoms. The maximum absolute atomic E-state index is 13.5. The number of nitrogens with one attached hydrogen (secondary N) is 1. The molecule has 1 atom stereocenters. The number of hydrogen-bond acceptors (Lipinski definition) is 5. The van der Waals surface area contributed by atoms with Gasteiger partial charge in [0.1, 0.15) is 18.3 Å². The molecule has 0 saturated heterocycles. The first-order valence-corrected chi connectivity index (χ1v) is 13.2. The number of hydrogen-bond donors (Lipinski definition) is 1. The molecule has 34 heavy (non-hydrogen) atoms. The summed E-state index contributed by atoms with van der Waals surface area (Å²) in [5, 5.41) is 3.53. The Labute approximate surface area is 210 Å². The van der Waals surface area contributed by atoms with E-state index in [1.54, 1.807) is 49.4 Å². The highest BCUT2D eigenvalue weighted by Gasteiger charge is 2.31. The van der Waals surface area contributed by atoms with Gasteiger partial charge in [-0.25, -0.2) is 8.42 Å². The molecule has 2 aromatic rings. The second kappa shape index (κ2) is 12.3. The average molecular weight is 530 g/mol. The summed E-state index contributed by atoms with van der Waals surface area (Å²) in [7, 11) is -2.45. The van der Waals surface area contributed by atoms with E-state index in [0.717, 1.165) is 17.0 Å². The van der Waals surface area contributed by atoms with Gasteiger partial charge in [-0.2, -0.15) is 0 Å². The van der Waals surface area contributed by atoms with Gasteiger partial charge in [0.05, 0.1) is 19.1 Å². The average Bonchev–Trinajstić information content (AvgIpc) is 2.79. The Bertz CT molecular complexity index is 1130. The number of methoxy groups -OCH3 is 1. The molecule has 186 valence electrons. The van der Waals surface area contributed by atoms with Crippen LogP contribution in [0.5, 0.6) is 5.75 Å². The number of benzene rings is 2. The molecular formula is C23H29Cl2N3O5S. The van der Waals surface area contributed by atoms with Crippen LogP contribution in [0.4, 0.5) is 5.69 Å². The third-order valence-corrected chi connectivity index (χ3v) is 6.82. The number of carbonyl (C=O) groups is 2. The third-order valence-electron chi connectivity index (χ3n) is 5.11. The zero-order valence-corrected chi connectivity index (χ0v) is 21.9. The Hall–Kier alpha value is -2.49. The topological polar surface area (TPSA) is 96.0 Å². The number of ether oxygens (including phenoxy) is 1. The highest BCUT2D eigenvalue weighted by Crippen LogP contribution is 2.30. The number of carbonyl (C=O) groups excluding carboxylic acids is 2. The van der Waals surface area contributed by atoms with Crippen molar-refractivity contribution in [3.8, 4) is 5.75 Å². The predicted octanol–water partition coefficient (Wildman–Crippen LogP) is 3.71. The van der Waals surface area contributed by atoms with Crippen LogP contribution in [0.25, 0.3) is 0 Å². The summed E-state index contributed by atoms with van der Waals surface area (Å²) in [5.41, 5.74) is 0.783. The number of anilines is 1. The van der Waals surface area contributed by atoms with Crippen molar-refractivity contribution in [3.05, 3.63) is 58.1 Å². The fourth-order valence-electron chi connectivity index (χ4n) is 3.24. The van der Waals surface area contributed by atoms with Crippen molar-refractivity contribution in [3.63, 3.8) is 0 Å². The van der Waals surface area contributed by atoms with Crippen LogP contribution in [0.15, 0.2) is 42.5 Å². The smallest absolute Gasteiger partial charge is 0.244 e. The van der Waals surface area contributed by atoms with Crippen LogP contribution in [-0.2, 0) is 26.2 Å². The normalized spacial score (nSPS) is 12.1. The molecule has 0 radical (unpaired) electrons. The number of sulfonamides is 1. The minimum Gasteiger partial charge on any atom is -0.495 e. The van der Waals surface area contributed by atoms with Crippen molar-refractivity contribution in [1.82, 2.24) is 10.2 Å². The minimum absolute atomic E-state index is 0.0148. The van der Waals surface area contributed by atoms with Gasteiger partial charge in [0.2, 0.25) is 21.8 Å². The van der Waals surface area contributed by atoms with E-state index in [9.17, 15) is 18.0 Å². The zero-order chi connectivity index (χ0) is 25.5. The largest absolute Gasteiger partial charge is 0.495 e. The van der Waals surface area contributed by atoms with Gasteiger partial charge in [0.25, 0.3) is 0 Å². The van der Waals surface area contributed by atoms with E-state index in [-0.39, 0.29) is 18.1 Å². The van der Waals surface area contributed by atoms with E-state index in [2.05, 4.69) is 5.32 Å². The molecule has 0 aliphatic heterocycles. The molecular weight excluding hydrogens is 501 g/mol. The molecule has 0 unspecified atom stereocenters. The number of nitrogens with zero attached hydrogens (tertiary/aromatic N) is 2. The van der Waals surface area contributed by atoms with E-state index < -0.39 is 28.5 Å². The lowest BCUT2D eigenvalue weighted by Gasteiger charge is -2.32. The van der Waals surface area contributed by atoms with Gasteiger partial charge < -0.3 is 15.0 Å². The van der Waals surface area contributed by atoms with Gasteiger partial charge in [0, 0.05) is 23.1 Å². The molecule has 1 N–H and O–H groups in total. The van der Waals surface area contributed by atoms with Crippen molar-refractivity contribution in [2.45, 2.75) is 32.9 Å². The lowest BCUT2D eigenvalue weighted by atomic mass is 10.1. The summed E-state index contributed by atoms with van der Waals surface area (Å²) in [6.45, 7) is 3.40. The Morgan fingerprint density at radius 1 is 1.15 bits per heavy atom. The standard InChI is InChI=1S/C23H29Cl2N3O5S/c1-5-12-26-23(30)16(2)27(14-17-10-11-18(24)13-19(17)25)22(29)15-28(34(4,31)32)20-8-6-7-9-21(20)33-3/h6-11,13,16H,5,12,14-15H2,1-4H3,(H,26,30)/t16-/m1/s1.